The van der Waals surface area contributed by atoms with E-state index in [-0.39, 0.29) is 5.41 Å². The molecule has 0 unspecified atom stereocenters. The first-order valence-corrected chi connectivity index (χ1v) is 11.7. The summed E-state index contributed by atoms with van der Waals surface area (Å²) in [5.41, 5.74) is 8.30. The van der Waals surface area contributed by atoms with E-state index in [0.717, 1.165) is 33.6 Å². The van der Waals surface area contributed by atoms with E-state index in [2.05, 4.69) is 116 Å². The third-order valence-corrected chi connectivity index (χ3v) is 6.77. The molecular formula is C28H26N2S. The summed E-state index contributed by atoms with van der Waals surface area (Å²) in [6, 6.07) is 30.3. The molecule has 0 N–H and O–H groups in total. The summed E-state index contributed by atoms with van der Waals surface area (Å²) < 4.78 is 2.25. The molecule has 0 bridgehead atoms. The molecule has 0 aliphatic carbocycles. The van der Waals surface area contributed by atoms with Crippen molar-refractivity contribution < 1.29 is 0 Å². The Balaban J connectivity index is 1.55. The predicted molar refractivity (Wildman–Crippen MR) is 133 cm³/mol. The van der Waals surface area contributed by atoms with Crippen molar-refractivity contribution in [2.45, 2.75) is 36.8 Å². The zero-order valence-corrected chi connectivity index (χ0v) is 19.0. The van der Waals surface area contributed by atoms with Crippen LogP contribution in [0.3, 0.4) is 0 Å². The van der Waals surface area contributed by atoms with Gasteiger partial charge in [0.2, 0.25) is 0 Å². The SMILES string of the molecule is CC(C)(C)c1ccc(-c2nc3cc(SCc4ccccc4)ccc3n3cccc23)cc1. The van der Waals surface area contributed by atoms with Crippen molar-refractivity contribution >= 4 is 28.3 Å². The van der Waals surface area contributed by atoms with E-state index < -0.39 is 0 Å². The standard InChI is InChI=1S/C28H26N2S/c1-28(2,3)22-13-11-21(12-14-22)27-26-10-7-17-30(26)25-16-15-23(18-24(25)29-27)31-19-20-8-5-4-6-9-20/h4-18H,19H2,1-3H3. The number of rotatable bonds is 4. The minimum Gasteiger partial charge on any atom is -0.313 e. The lowest BCUT2D eigenvalue weighted by atomic mass is 9.86. The van der Waals surface area contributed by atoms with E-state index in [1.807, 2.05) is 11.8 Å². The Kier molecular flexibility index (Phi) is 5.07. The van der Waals surface area contributed by atoms with Crippen LogP contribution < -0.4 is 0 Å². The Morgan fingerprint density at radius 3 is 2.32 bits per heavy atom. The molecule has 3 aromatic carbocycles. The summed E-state index contributed by atoms with van der Waals surface area (Å²) in [5.74, 6) is 0.958. The van der Waals surface area contributed by atoms with Crippen LogP contribution in [-0.2, 0) is 11.2 Å². The second-order valence-electron chi connectivity index (χ2n) is 8.98. The minimum atomic E-state index is 0.143. The van der Waals surface area contributed by atoms with Gasteiger partial charge >= 0.3 is 0 Å². The monoisotopic (exact) mass is 422 g/mol. The molecule has 154 valence electrons. The number of hydrogen-bond acceptors (Lipinski definition) is 2. The Morgan fingerprint density at radius 2 is 1.58 bits per heavy atom. The van der Waals surface area contributed by atoms with Crippen LogP contribution in [0.25, 0.3) is 27.8 Å². The molecular weight excluding hydrogens is 396 g/mol. The van der Waals surface area contributed by atoms with Gasteiger partial charge in [0.15, 0.2) is 0 Å². The number of fused-ring (bicyclic) bond motifs is 3. The maximum Gasteiger partial charge on any atom is 0.0950 e. The summed E-state index contributed by atoms with van der Waals surface area (Å²) in [5, 5.41) is 0. The van der Waals surface area contributed by atoms with Crippen LogP contribution in [0, 0.1) is 0 Å². The number of nitrogens with zero attached hydrogens (tertiary/aromatic N) is 2. The van der Waals surface area contributed by atoms with Gasteiger partial charge in [-0.15, -0.1) is 11.8 Å². The third kappa shape index (κ3) is 3.98. The van der Waals surface area contributed by atoms with Crippen LogP contribution in [0.5, 0.6) is 0 Å². The molecule has 3 heteroatoms. The second kappa shape index (κ2) is 7.90. The first-order chi connectivity index (χ1) is 15.0. The number of aromatic nitrogens is 2. The van der Waals surface area contributed by atoms with Crippen LogP contribution in [0.1, 0.15) is 31.9 Å². The molecule has 5 rings (SSSR count). The summed E-state index contributed by atoms with van der Waals surface area (Å²) in [6.07, 6.45) is 2.13. The fourth-order valence-corrected chi connectivity index (χ4v) is 4.81. The molecule has 2 aromatic heterocycles. The van der Waals surface area contributed by atoms with Crippen LogP contribution in [0.2, 0.25) is 0 Å². The molecule has 5 aromatic rings. The van der Waals surface area contributed by atoms with E-state index >= 15 is 0 Å². The Hall–Kier alpha value is -3.04. The van der Waals surface area contributed by atoms with Crippen molar-refractivity contribution in [3.8, 4) is 11.3 Å². The van der Waals surface area contributed by atoms with Gasteiger partial charge in [-0.25, -0.2) is 4.98 Å². The maximum atomic E-state index is 5.12. The molecule has 0 spiro atoms. The molecule has 0 amide bonds. The average molecular weight is 423 g/mol. The van der Waals surface area contributed by atoms with E-state index in [4.69, 9.17) is 4.98 Å². The number of benzene rings is 3. The topological polar surface area (TPSA) is 17.3 Å². The lowest BCUT2D eigenvalue weighted by Crippen LogP contribution is -2.10. The Morgan fingerprint density at radius 1 is 0.806 bits per heavy atom. The van der Waals surface area contributed by atoms with Crippen LogP contribution in [0.15, 0.2) is 96.0 Å². The highest BCUT2D eigenvalue weighted by Crippen LogP contribution is 2.32. The van der Waals surface area contributed by atoms with Crippen molar-refractivity contribution in [3.63, 3.8) is 0 Å². The zero-order chi connectivity index (χ0) is 21.4. The van der Waals surface area contributed by atoms with Gasteiger partial charge in [0.1, 0.15) is 0 Å². The van der Waals surface area contributed by atoms with Crippen LogP contribution in [-0.4, -0.2) is 9.38 Å². The van der Waals surface area contributed by atoms with Crippen molar-refractivity contribution in [1.82, 2.24) is 9.38 Å². The quantitative estimate of drug-likeness (QED) is 0.276. The minimum absolute atomic E-state index is 0.143. The van der Waals surface area contributed by atoms with Gasteiger partial charge < -0.3 is 4.40 Å². The Labute approximate surface area is 188 Å². The first kappa shape index (κ1) is 19.9. The molecule has 0 saturated heterocycles. The smallest absolute Gasteiger partial charge is 0.0950 e. The highest BCUT2D eigenvalue weighted by Gasteiger charge is 2.15. The van der Waals surface area contributed by atoms with Gasteiger partial charge in [-0.2, -0.15) is 0 Å². The van der Waals surface area contributed by atoms with Crippen LogP contribution in [0.4, 0.5) is 0 Å². The first-order valence-electron chi connectivity index (χ1n) is 10.7. The van der Waals surface area contributed by atoms with Crippen molar-refractivity contribution in [2.75, 3.05) is 0 Å². The summed E-state index contributed by atoms with van der Waals surface area (Å²) >= 11 is 1.85. The van der Waals surface area contributed by atoms with E-state index in [9.17, 15) is 0 Å². The molecule has 0 saturated carbocycles. The molecule has 0 fully saturated rings. The van der Waals surface area contributed by atoms with Crippen LogP contribution >= 0.6 is 11.8 Å². The molecule has 0 aliphatic heterocycles. The zero-order valence-electron chi connectivity index (χ0n) is 18.2. The molecule has 0 aliphatic rings. The third-order valence-electron chi connectivity index (χ3n) is 5.70. The molecule has 0 atom stereocenters. The summed E-state index contributed by atoms with van der Waals surface area (Å²) in [4.78, 5) is 6.36. The maximum absolute atomic E-state index is 5.12. The van der Waals surface area contributed by atoms with E-state index in [0.29, 0.717) is 0 Å². The van der Waals surface area contributed by atoms with Gasteiger partial charge in [-0.3, -0.25) is 0 Å². The fourth-order valence-electron chi connectivity index (χ4n) is 3.93. The van der Waals surface area contributed by atoms with Gasteiger partial charge in [-0.05, 0) is 46.9 Å². The fraction of sp³-hybridized carbons (Fsp3) is 0.179. The predicted octanol–water partition coefficient (Wildman–Crippen LogP) is 7.74. The Bertz CT molecular complexity index is 1340. The largest absolute Gasteiger partial charge is 0.313 e. The van der Waals surface area contributed by atoms with Gasteiger partial charge in [0.05, 0.1) is 22.2 Å². The molecule has 0 radical (unpaired) electrons. The molecule has 2 nitrogen and oxygen atoms in total. The van der Waals surface area contributed by atoms with Crippen molar-refractivity contribution in [2.24, 2.45) is 0 Å². The number of thioether (sulfide) groups is 1. The lowest BCUT2D eigenvalue weighted by Gasteiger charge is -2.19. The van der Waals surface area contributed by atoms with Gasteiger partial charge in [0.25, 0.3) is 0 Å². The average Bonchev–Trinajstić information content (AvgIpc) is 3.27. The number of hydrogen-bond donors (Lipinski definition) is 0. The van der Waals surface area contributed by atoms with Crippen molar-refractivity contribution in [1.29, 1.82) is 0 Å². The highest BCUT2D eigenvalue weighted by molar-refractivity contribution is 7.98. The summed E-state index contributed by atoms with van der Waals surface area (Å²) in [7, 11) is 0. The van der Waals surface area contributed by atoms with E-state index in [1.54, 1.807) is 0 Å². The van der Waals surface area contributed by atoms with Gasteiger partial charge in [0, 0.05) is 22.4 Å². The van der Waals surface area contributed by atoms with E-state index in [1.165, 1.54) is 16.0 Å². The normalized spacial score (nSPS) is 12.0. The summed E-state index contributed by atoms with van der Waals surface area (Å²) in [6.45, 7) is 6.74. The van der Waals surface area contributed by atoms with Crippen molar-refractivity contribution in [3.05, 3.63) is 102 Å². The lowest BCUT2D eigenvalue weighted by molar-refractivity contribution is 0.590. The highest BCUT2D eigenvalue weighted by atomic mass is 32.2. The van der Waals surface area contributed by atoms with Gasteiger partial charge in [-0.1, -0.05) is 75.4 Å². The molecule has 31 heavy (non-hydrogen) atoms. The molecule has 2 heterocycles. The second-order valence-corrected chi connectivity index (χ2v) is 10.0.